The number of nitrogens with one attached hydrogen (secondary N) is 1. The predicted molar refractivity (Wildman–Crippen MR) is 97.5 cm³/mol. The molecule has 7 heteroatoms. The van der Waals surface area contributed by atoms with Gasteiger partial charge in [-0.05, 0) is 29.3 Å². The summed E-state index contributed by atoms with van der Waals surface area (Å²) in [6.45, 7) is 0.499. The van der Waals surface area contributed by atoms with Gasteiger partial charge in [0.15, 0.2) is 0 Å². The van der Waals surface area contributed by atoms with Crippen molar-refractivity contribution in [3.8, 4) is 0 Å². The Balaban J connectivity index is 1.66. The molecule has 0 atom stereocenters. The first-order valence-electron chi connectivity index (χ1n) is 7.62. The molecule has 128 valence electrons. The van der Waals surface area contributed by atoms with Crippen LogP contribution in [0, 0.1) is 0 Å². The molecule has 3 rings (SSSR count). The summed E-state index contributed by atoms with van der Waals surface area (Å²) < 4.78 is 0. The van der Waals surface area contributed by atoms with E-state index in [4.69, 9.17) is 11.6 Å². The molecule has 0 radical (unpaired) electrons. The van der Waals surface area contributed by atoms with E-state index in [9.17, 15) is 14.4 Å². The van der Waals surface area contributed by atoms with E-state index < -0.39 is 0 Å². The molecule has 5 nitrogen and oxygen atoms in total. The van der Waals surface area contributed by atoms with E-state index in [1.165, 1.54) is 4.90 Å². The van der Waals surface area contributed by atoms with Crippen molar-refractivity contribution >= 4 is 40.4 Å². The average Bonchev–Trinajstić information content (AvgIpc) is 2.93. The molecular weight excluding hydrogens is 360 g/mol. The third kappa shape index (κ3) is 4.21. The highest BCUT2D eigenvalue weighted by atomic mass is 35.5. The number of carbonyl (C=O) groups excluding carboxylic acids is 3. The molecular formula is C18H15ClN2O3S. The van der Waals surface area contributed by atoms with Crippen molar-refractivity contribution in [1.82, 2.24) is 10.2 Å². The second-order valence-corrected chi connectivity index (χ2v) is 6.84. The molecule has 1 fully saturated rings. The van der Waals surface area contributed by atoms with Crippen LogP contribution >= 0.6 is 23.4 Å². The summed E-state index contributed by atoms with van der Waals surface area (Å²) in [5, 5.41) is 3.17. The Morgan fingerprint density at radius 3 is 2.68 bits per heavy atom. The Labute approximate surface area is 154 Å². The summed E-state index contributed by atoms with van der Waals surface area (Å²) in [7, 11) is 0. The highest BCUT2D eigenvalue weighted by Gasteiger charge is 2.29. The van der Waals surface area contributed by atoms with E-state index in [0.717, 1.165) is 22.9 Å². The first-order chi connectivity index (χ1) is 12.0. The SMILES string of the molecule is O=C(NCc1ccccc1Cl)c1cccc(CN2C(=O)CSC2=O)c1. The van der Waals surface area contributed by atoms with Crippen LogP contribution in [0.15, 0.2) is 48.5 Å². The Hall–Kier alpha value is -2.31. The number of halogens is 1. The maximum absolute atomic E-state index is 12.3. The van der Waals surface area contributed by atoms with Crippen molar-refractivity contribution in [2.24, 2.45) is 0 Å². The van der Waals surface area contributed by atoms with E-state index in [2.05, 4.69) is 5.32 Å². The Morgan fingerprint density at radius 1 is 1.16 bits per heavy atom. The molecule has 1 N–H and O–H groups in total. The van der Waals surface area contributed by atoms with Crippen LogP contribution in [-0.2, 0) is 17.9 Å². The number of rotatable bonds is 5. The van der Waals surface area contributed by atoms with Gasteiger partial charge in [0.2, 0.25) is 5.91 Å². The molecule has 0 bridgehead atoms. The van der Waals surface area contributed by atoms with Gasteiger partial charge in [0.1, 0.15) is 0 Å². The van der Waals surface area contributed by atoms with Crippen LogP contribution in [0.2, 0.25) is 5.02 Å². The van der Waals surface area contributed by atoms with Gasteiger partial charge in [-0.1, -0.05) is 53.7 Å². The number of hydrogen-bond acceptors (Lipinski definition) is 4. The summed E-state index contributed by atoms with van der Waals surface area (Å²) >= 11 is 7.07. The number of imide groups is 1. The van der Waals surface area contributed by atoms with E-state index in [1.807, 2.05) is 18.2 Å². The fraction of sp³-hybridized carbons (Fsp3) is 0.167. The number of thioether (sulfide) groups is 1. The fourth-order valence-corrected chi connectivity index (χ4v) is 3.37. The van der Waals surface area contributed by atoms with Crippen molar-refractivity contribution in [1.29, 1.82) is 0 Å². The highest BCUT2D eigenvalue weighted by Crippen LogP contribution is 2.21. The standard InChI is InChI=1S/C18H15ClN2O3S/c19-15-7-2-1-5-14(15)9-20-17(23)13-6-3-4-12(8-13)10-21-16(22)11-25-18(21)24/h1-8H,9-11H2,(H,20,23). The van der Waals surface area contributed by atoms with Crippen LogP contribution in [0.25, 0.3) is 0 Å². The molecule has 0 spiro atoms. The minimum Gasteiger partial charge on any atom is -0.348 e. The second-order valence-electron chi connectivity index (χ2n) is 5.51. The highest BCUT2D eigenvalue weighted by molar-refractivity contribution is 8.14. The normalized spacial score (nSPS) is 14.0. The number of benzene rings is 2. The molecule has 2 aromatic carbocycles. The molecule has 1 heterocycles. The van der Waals surface area contributed by atoms with Crippen molar-refractivity contribution in [3.63, 3.8) is 0 Å². The van der Waals surface area contributed by atoms with Crippen LogP contribution in [0.5, 0.6) is 0 Å². The molecule has 0 aromatic heterocycles. The summed E-state index contributed by atoms with van der Waals surface area (Å²) in [5.74, 6) is -0.268. The molecule has 0 unspecified atom stereocenters. The third-order valence-corrected chi connectivity index (χ3v) is 5.00. The molecule has 25 heavy (non-hydrogen) atoms. The van der Waals surface area contributed by atoms with Crippen LogP contribution < -0.4 is 5.32 Å². The number of carbonyl (C=O) groups is 3. The monoisotopic (exact) mass is 374 g/mol. The van der Waals surface area contributed by atoms with Gasteiger partial charge in [-0.2, -0.15) is 0 Å². The fourth-order valence-electron chi connectivity index (χ4n) is 2.45. The lowest BCUT2D eigenvalue weighted by molar-refractivity contribution is -0.125. The van der Waals surface area contributed by atoms with Gasteiger partial charge in [-0.3, -0.25) is 19.3 Å². The van der Waals surface area contributed by atoms with Gasteiger partial charge in [0, 0.05) is 17.1 Å². The molecule has 0 saturated carbocycles. The van der Waals surface area contributed by atoms with E-state index >= 15 is 0 Å². The van der Waals surface area contributed by atoms with Crippen molar-refractivity contribution in [3.05, 3.63) is 70.2 Å². The zero-order valence-corrected chi connectivity index (χ0v) is 14.8. The van der Waals surface area contributed by atoms with Gasteiger partial charge < -0.3 is 5.32 Å². The number of nitrogens with zero attached hydrogens (tertiary/aromatic N) is 1. The van der Waals surface area contributed by atoms with Gasteiger partial charge >= 0.3 is 0 Å². The van der Waals surface area contributed by atoms with Crippen molar-refractivity contribution in [2.75, 3.05) is 5.75 Å². The quantitative estimate of drug-likeness (QED) is 0.870. The molecule has 1 aliphatic rings. The van der Waals surface area contributed by atoms with Crippen LogP contribution in [0.3, 0.4) is 0 Å². The largest absolute Gasteiger partial charge is 0.348 e. The Morgan fingerprint density at radius 2 is 1.96 bits per heavy atom. The average molecular weight is 375 g/mol. The number of amides is 3. The van der Waals surface area contributed by atoms with Gasteiger partial charge in [-0.15, -0.1) is 0 Å². The maximum Gasteiger partial charge on any atom is 0.289 e. The molecule has 1 saturated heterocycles. The van der Waals surface area contributed by atoms with Gasteiger partial charge in [-0.25, -0.2) is 0 Å². The third-order valence-electron chi connectivity index (χ3n) is 3.77. The molecule has 1 aliphatic heterocycles. The van der Waals surface area contributed by atoms with E-state index in [0.29, 0.717) is 17.1 Å². The number of hydrogen-bond donors (Lipinski definition) is 1. The van der Waals surface area contributed by atoms with Crippen LogP contribution in [0.1, 0.15) is 21.5 Å². The van der Waals surface area contributed by atoms with Gasteiger partial charge in [0.05, 0.1) is 12.3 Å². The topological polar surface area (TPSA) is 66.5 Å². The smallest absolute Gasteiger partial charge is 0.289 e. The zero-order chi connectivity index (χ0) is 17.8. The minimum atomic E-state index is -0.251. The lowest BCUT2D eigenvalue weighted by Crippen LogP contribution is -2.28. The van der Waals surface area contributed by atoms with E-state index in [1.54, 1.807) is 30.3 Å². The lowest BCUT2D eigenvalue weighted by atomic mass is 10.1. The van der Waals surface area contributed by atoms with Crippen LogP contribution in [-0.4, -0.2) is 27.7 Å². The first kappa shape index (κ1) is 17.5. The van der Waals surface area contributed by atoms with Gasteiger partial charge in [0.25, 0.3) is 11.1 Å². The summed E-state index contributed by atoms with van der Waals surface area (Å²) in [6.07, 6.45) is 0. The van der Waals surface area contributed by atoms with E-state index in [-0.39, 0.29) is 29.4 Å². The zero-order valence-electron chi connectivity index (χ0n) is 13.2. The maximum atomic E-state index is 12.3. The second kappa shape index (κ2) is 7.72. The van der Waals surface area contributed by atoms with Crippen molar-refractivity contribution in [2.45, 2.75) is 13.1 Å². The molecule has 0 aliphatic carbocycles. The summed E-state index contributed by atoms with van der Waals surface area (Å²) in [5.41, 5.74) is 2.03. The molecule has 3 amide bonds. The minimum absolute atomic E-state index is 0.177. The Kier molecular flexibility index (Phi) is 5.40. The Bertz CT molecular complexity index is 825. The summed E-state index contributed by atoms with van der Waals surface area (Å²) in [4.78, 5) is 36.9. The van der Waals surface area contributed by atoms with Crippen LogP contribution in [0.4, 0.5) is 4.79 Å². The summed E-state index contributed by atoms with van der Waals surface area (Å²) in [6, 6.07) is 14.2. The van der Waals surface area contributed by atoms with Crippen molar-refractivity contribution < 1.29 is 14.4 Å². The first-order valence-corrected chi connectivity index (χ1v) is 8.98. The lowest BCUT2D eigenvalue weighted by Gasteiger charge is -2.13. The predicted octanol–water partition coefficient (Wildman–Crippen LogP) is 3.47. The molecule has 2 aromatic rings.